The topological polar surface area (TPSA) is 37.3 Å². The molecule has 2 aliphatic rings. The summed E-state index contributed by atoms with van der Waals surface area (Å²) in [6.07, 6.45) is 6.90. The van der Waals surface area contributed by atoms with Crippen LogP contribution >= 0.6 is 11.6 Å². The van der Waals surface area contributed by atoms with Gasteiger partial charge in [-0.2, -0.15) is 0 Å². The third kappa shape index (κ3) is 3.55. The molecule has 0 unspecified atom stereocenters. The van der Waals surface area contributed by atoms with E-state index < -0.39 is 0 Å². The minimum atomic E-state index is -0.00931. The second-order valence-corrected chi connectivity index (χ2v) is 8.63. The molecule has 2 aliphatic carbocycles. The first-order valence-electron chi connectivity index (χ1n) is 9.80. The van der Waals surface area contributed by atoms with Crippen LogP contribution in [0.4, 0.5) is 0 Å². The SMILES string of the molecule is Cc1ccc(-c2ccc(Cl)cc2)cc1C1=C(O)CC2(CCCCC2)CC1=O. The summed E-state index contributed by atoms with van der Waals surface area (Å²) >= 11 is 6.00. The Morgan fingerprint density at radius 1 is 0.926 bits per heavy atom. The lowest BCUT2D eigenvalue weighted by atomic mass is 9.64. The van der Waals surface area contributed by atoms with Crippen molar-refractivity contribution in [1.29, 1.82) is 0 Å². The number of allylic oxidation sites excluding steroid dienone is 2. The van der Waals surface area contributed by atoms with E-state index in [0.29, 0.717) is 23.4 Å². The second-order valence-electron chi connectivity index (χ2n) is 8.20. The summed E-state index contributed by atoms with van der Waals surface area (Å²) in [7, 11) is 0. The fourth-order valence-corrected chi connectivity index (χ4v) is 4.90. The Hall–Kier alpha value is -2.06. The van der Waals surface area contributed by atoms with Crippen LogP contribution in [-0.4, -0.2) is 10.9 Å². The first kappa shape index (κ1) is 18.3. The fraction of sp³-hybridized carbons (Fsp3) is 0.375. The van der Waals surface area contributed by atoms with Gasteiger partial charge in [0, 0.05) is 17.9 Å². The molecular weight excluding hydrogens is 356 g/mol. The van der Waals surface area contributed by atoms with Crippen molar-refractivity contribution in [3.63, 3.8) is 0 Å². The van der Waals surface area contributed by atoms with Crippen molar-refractivity contribution >= 4 is 23.0 Å². The summed E-state index contributed by atoms with van der Waals surface area (Å²) in [6.45, 7) is 2.00. The summed E-state index contributed by atoms with van der Waals surface area (Å²) < 4.78 is 0. The standard InChI is InChI=1S/C24H25ClO2/c1-16-5-6-18(17-7-9-19(25)10-8-17)13-20(16)23-21(26)14-24(15-22(23)27)11-3-2-4-12-24/h5-10,13,26H,2-4,11-12,14-15H2,1H3. The molecule has 2 aromatic rings. The fourth-order valence-electron chi connectivity index (χ4n) is 4.77. The van der Waals surface area contributed by atoms with Crippen LogP contribution in [0.15, 0.2) is 48.2 Å². The van der Waals surface area contributed by atoms with Crippen LogP contribution in [0.1, 0.15) is 56.1 Å². The van der Waals surface area contributed by atoms with Gasteiger partial charge in [-0.3, -0.25) is 4.79 Å². The number of aliphatic hydroxyl groups is 1. The van der Waals surface area contributed by atoms with Crippen molar-refractivity contribution in [3.05, 3.63) is 64.4 Å². The predicted molar refractivity (Wildman–Crippen MR) is 111 cm³/mol. The van der Waals surface area contributed by atoms with Crippen LogP contribution < -0.4 is 0 Å². The van der Waals surface area contributed by atoms with Crippen molar-refractivity contribution in [1.82, 2.24) is 0 Å². The molecule has 0 saturated heterocycles. The van der Waals surface area contributed by atoms with E-state index >= 15 is 0 Å². The van der Waals surface area contributed by atoms with Gasteiger partial charge in [0.05, 0.1) is 5.57 Å². The van der Waals surface area contributed by atoms with Gasteiger partial charge in [0.15, 0.2) is 5.78 Å². The van der Waals surface area contributed by atoms with Gasteiger partial charge >= 0.3 is 0 Å². The Balaban J connectivity index is 1.74. The number of ketones is 1. The van der Waals surface area contributed by atoms with Gasteiger partial charge in [0.2, 0.25) is 0 Å². The van der Waals surface area contributed by atoms with Gasteiger partial charge in [-0.1, -0.05) is 55.1 Å². The number of halogens is 1. The highest BCUT2D eigenvalue weighted by Gasteiger charge is 2.41. The summed E-state index contributed by atoms with van der Waals surface area (Å²) in [6, 6.07) is 13.8. The number of aliphatic hydroxyl groups excluding tert-OH is 1. The number of Topliss-reactive ketones (excluding diaryl/α,β-unsaturated/α-hetero) is 1. The lowest BCUT2D eigenvalue weighted by Gasteiger charge is -2.40. The second kappa shape index (κ2) is 7.16. The molecule has 3 heteroatoms. The minimum Gasteiger partial charge on any atom is -0.512 e. The van der Waals surface area contributed by atoms with E-state index in [1.54, 1.807) is 0 Å². The van der Waals surface area contributed by atoms with Crippen molar-refractivity contribution < 1.29 is 9.90 Å². The number of carbonyl (C=O) groups excluding carboxylic acids is 1. The lowest BCUT2D eigenvalue weighted by molar-refractivity contribution is -0.117. The van der Waals surface area contributed by atoms with Gasteiger partial charge in [-0.25, -0.2) is 0 Å². The average molecular weight is 381 g/mol. The maximum Gasteiger partial charge on any atom is 0.167 e. The largest absolute Gasteiger partial charge is 0.512 e. The molecular formula is C24H25ClO2. The highest BCUT2D eigenvalue weighted by atomic mass is 35.5. The monoisotopic (exact) mass is 380 g/mol. The maximum atomic E-state index is 13.1. The van der Waals surface area contributed by atoms with E-state index in [-0.39, 0.29) is 17.0 Å². The molecule has 0 aliphatic heterocycles. The average Bonchev–Trinajstić information content (AvgIpc) is 2.64. The Morgan fingerprint density at radius 3 is 2.26 bits per heavy atom. The summed E-state index contributed by atoms with van der Waals surface area (Å²) in [5.41, 5.74) is 4.47. The number of carbonyl (C=O) groups is 1. The molecule has 140 valence electrons. The first-order valence-corrected chi connectivity index (χ1v) is 10.2. The molecule has 0 bridgehead atoms. The highest BCUT2D eigenvalue weighted by Crippen LogP contribution is 2.49. The van der Waals surface area contributed by atoms with Crippen molar-refractivity contribution in [2.75, 3.05) is 0 Å². The van der Waals surface area contributed by atoms with Crippen LogP contribution in [0.25, 0.3) is 16.7 Å². The minimum absolute atomic E-state index is 0.00931. The Morgan fingerprint density at radius 2 is 1.59 bits per heavy atom. The molecule has 0 aromatic heterocycles. The lowest BCUT2D eigenvalue weighted by Crippen LogP contribution is -2.32. The van der Waals surface area contributed by atoms with E-state index in [4.69, 9.17) is 11.6 Å². The zero-order valence-corrected chi connectivity index (χ0v) is 16.5. The molecule has 1 saturated carbocycles. The Kier molecular flexibility index (Phi) is 4.86. The third-order valence-corrected chi connectivity index (χ3v) is 6.50. The van der Waals surface area contributed by atoms with Gasteiger partial charge in [-0.15, -0.1) is 0 Å². The molecule has 4 rings (SSSR count). The van der Waals surface area contributed by atoms with Gasteiger partial charge < -0.3 is 5.11 Å². The van der Waals surface area contributed by atoms with Crippen LogP contribution in [-0.2, 0) is 4.79 Å². The summed E-state index contributed by atoms with van der Waals surface area (Å²) in [5.74, 6) is 0.376. The van der Waals surface area contributed by atoms with Crippen LogP contribution in [0, 0.1) is 12.3 Å². The highest BCUT2D eigenvalue weighted by molar-refractivity contribution is 6.30. The zero-order chi connectivity index (χ0) is 19.0. The molecule has 0 atom stereocenters. The zero-order valence-electron chi connectivity index (χ0n) is 15.7. The van der Waals surface area contributed by atoms with E-state index in [2.05, 4.69) is 6.07 Å². The Labute approximate surface area is 165 Å². The van der Waals surface area contributed by atoms with Gasteiger partial charge in [-0.05, 0) is 65.6 Å². The molecule has 0 radical (unpaired) electrons. The molecule has 2 nitrogen and oxygen atoms in total. The summed E-state index contributed by atoms with van der Waals surface area (Å²) in [5, 5.41) is 11.6. The van der Waals surface area contributed by atoms with Crippen molar-refractivity contribution in [3.8, 4) is 11.1 Å². The maximum absolute atomic E-state index is 13.1. The molecule has 0 heterocycles. The van der Waals surface area contributed by atoms with Crippen LogP contribution in [0.2, 0.25) is 5.02 Å². The number of hydrogen-bond acceptors (Lipinski definition) is 2. The molecule has 1 fully saturated rings. The number of benzene rings is 2. The van der Waals surface area contributed by atoms with Crippen LogP contribution in [0.3, 0.4) is 0 Å². The molecule has 1 spiro atoms. The van der Waals surface area contributed by atoms with E-state index in [9.17, 15) is 9.90 Å². The Bertz CT molecular complexity index is 902. The molecule has 2 aromatic carbocycles. The van der Waals surface area contributed by atoms with Crippen molar-refractivity contribution in [2.45, 2.75) is 51.9 Å². The number of aryl methyl sites for hydroxylation is 1. The quantitative estimate of drug-likeness (QED) is 0.615. The smallest absolute Gasteiger partial charge is 0.167 e. The number of hydrogen-bond donors (Lipinski definition) is 1. The first-order chi connectivity index (χ1) is 13.0. The third-order valence-electron chi connectivity index (χ3n) is 6.24. The van der Waals surface area contributed by atoms with Gasteiger partial charge in [0.1, 0.15) is 5.76 Å². The van der Waals surface area contributed by atoms with Crippen LogP contribution in [0.5, 0.6) is 0 Å². The predicted octanol–water partition coefficient (Wildman–Crippen LogP) is 6.90. The molecule has 1 N–H and O–H groups in total. The molecule has 27 heavy (non-hydrogen) atoms. The summed E-state index contributed by atoms with van der Waals surface area (Å²) in [4.78, 5) is 13.1. The van der Waals surface area contributed by atoms with Crippen molar-refractivity contribution in [2.24, 2.45) is 5.41 Å². The molecule has 0 amide bonds. The van der Waals surface area contributed by atoms with Gasteiger partial charge in [0.25, 0.3) is 0 Å². The van der Waals surface area contributed by atoms with E-state index in [0.717, 1.165) is 35.1 Å². The van der Waals surface area contributed by atoms with E-state index in [1.165, 1.54) is 19.3 Å². The normalized spacial score (nSPS) is 19.6. The van der Waals surface area contributed by atoms with E-state index in [1.807, 2.05) is 43.3 Å². The number of rotatable bonds is 2.